The fourth-order valence-electron chi connectivity index (χ4n) is 2.77. The first-order chi connectivity index (χ1) is 11.1. The van der Waals surface area contributed by atoms with Gasteiger partial charge in [-0.15, -0.1) is 6.58 Å². The Hall–Kier alpha value is -1.36. The molecule has 0 saturated carbocycles. The quantitative estimate of drug-likeness (QED) is 0.777. The number of carbonyl (C=O) groups excluding carboxylic acids is 1. The highest BCUT2D eigenvalue weighted by Crippen LogP contribution is 2.12. The molecule has 0 bridgehead atoms. The van der Waals surface area contributed by atoms with Crippen molar-refractivity contribution in [3.05, 3.63) is 47.5 Å². The molecule has 23 heavy (non-hydrogen) atoms. The van der Waals surface area contributed by atoms with Crippen LogP contribution in [0.4, 0.5) is 0 Å². The van der Waals surface area contributed by atoms with E-state index in [0.29, 0.717) is 18.0 Å². The van der Waals surface area contributed by atoms with Crippen LogP contribution in [-0.4, -0.2) is 59.6 Å². The number of hydrogen-bond donors (Lipinski definition) is 1. The molecular weight excluding hydrogens is 312 g/mol. The largest absolute Gasteiger partial charge is 0.392 e. The van der Waals surface area contributed by atoms with Crippen LogP contribution in [0, 0.1) is 0 Å². The lowest BCUT2D eigenvalue weighted by atomic mass is 10.1. The summed E-state index contributed by atoms with van der Waals surface area (Å²) in [6.07, 6.45) is 3.51. The van der Waals surface area contributed by atoms with E-state index in [4.69, 9.17) is 11.6 Å². The van der Waals surface area contributed by atoms with Crippen molar-refractivity contribution in [2.75, 3.05) is 32.7 Å². The molecule has 0 aromatic heterocycles. The zero-order valence-electron chi connectivity index (χ0n) is 13.5. The monoisotopic (exact) mass is 336 g/mol. The zero-order valence-corrected chi connectivity index (χ0v) is 14.2. The second-order valence-electron chi connectivity index (χ2n) is 6.00. The van der Waals surface area contributed by atoms with Crippen LogP contribution >= 0.6 is 11.6 Å². The van der Waals surface area contributed by atoms with Crippen LogP contribution in [0.25, 0.3) is 0 Å². The number of aliphatic hydroxyl groups is 1. The lowest BCUT2D eigenvalue weighted by Gasteiger charge is -2.35. The summed E-state index contributed by atoms with van der Waals surface area (Å²) < 4.78 is 0. The average molecular weight is 337 g/mol. The maximum atomic E-state index is 12.3. The van der Waals surface area contributed by atoms with Crippen molar-refractivity contribution in [1.29, 1.82) is 0 Å². The SMILES string of the molecule is C=CCCC(O)CN1CCN(C(=O)Cc2ccc(Cl)cc2)CC1. The summed E-state index contributed by atoms with van der Waals surface area (Å²) >= 11 is 5.86. The Morgan fingerprint density at radius 3 is 2.52 bits per heavy atom. The van der Waals surface area contributed by atoms with Gasteiger partial charge in [0, 0.05) is 37.7 Å². The Kier molecular flexibility index (Phi) is 7.09. The smallest absolute Gasteiger partial charge is 0.227 e. The Balaban J connectivity index is 1.74. The Morgan fingerprint density at radius 1 is 1.26 bits per heavy atom. The van der Waals surface area contributed by atoms with Gasteiger partial charge in [0.2, 0.25) is 5.91 Å². The molecule has 1 amide bonds. The predicted octanol–water partition coefficient (Wildman–Crippen LogP) is 2.35. The number of nitrogens with zero attached hydrogens (tertiary/aromatic N) is 2. The summed E-state index contributed by atoms with van der Waals surface area (Å²) in [7, 11) is 0. The van der Waals surface area contributed by atoms with Crippen LogP contribution in [0.5, 0.6) is 0 Å². The van der Waals surface area contributed by atoms with Crippen LogP contribution in [0.15, 0.2) is 36.9 Å². The van der Waals surface area contributed by atoms with E-state index in [9.17, 15) is 9.90 Å². The number of hydrogen-bond acceptors (Lipinski definition) is 3. The van der Waals surface area contributed by atoms with Gasteiger partial charge in [-0.25, -0.2) is 0 Å². The number of amides is 1. The molecule has 1 aromatic carbocycles. The fraction of sp³-hybridized carbons (Fsp3) is 0.500. The van der Waals surface area contributed by atoms with Crippen molar-refractivity contribution < 1.29 is 9.90 Å². The summed E-state index contributed by atoms with van der Waals surface area (Å²) in [6, 6.07) is 7.42. The average Bonchev–Trinajstić information content (AvgIpc) is 2.55. The van der Waals surface area contributed by atoms with Gasteiger partial charge < -0.3 is 10.0 Å². The van der Waals surface area contributed by atoms with E-state index in [-0.39, 0.29) is 12.0 Å². The van der Waals surface area contributed by atoms with E-state index in [1.54, 1.807) is 0 Å². The van der Waals surface area contributed by atoms with Crippen molar-refractivity contribution in [2.45, 2.75) is 25.4 Å². The number of rotatable bonds is 7. The molecule has 1 aliphatic heterocycles. The highest BCUT2D eigenvalue weighted by molar-refractivity contribution is 6.30. The third-order valence-electron chi connectivity index (χ3n) is 4.17. The number of carbonyl (C=O) groups is 1. The minimum absolute atomic E-state index is 0.152. The molecule has 1 atom stereocenters. The maximum absolute atomic E-state index is 12.3. The number of halogens is 1. The van der Waals surface area contributed by atoms with Crippen molar-refractivity contribution in [1.82, 2.24) is 9.80 Å². The Bertz CT molecular complexity index is 510. The van der Waals surface area contributed by atoms with Gasteiger partial charge >= 0.3 is 0 Å². The molecule has 0 aliphatic carbocycles. The predicted molar refractivity (Wildman–Crippen MR) is 93.6 cm³/mol. The van der Waals surface area contributed by atoms with Gasteiger partial charge in [-0.05, 0) is 30.5 Å². The fourth-order valence-corrected chi connectivity index (χ4v) is 2.89. The summed E-state index contributed by atoms with van der Waals surface area (Å²) in [5, 5.41) is 10.6. The minimum atomic E-state index is -0.315. The lowest BCUT2D eigenvalue weighted by Crippen LogP contribution is -2.50. The second-order valence-corrected chi connectivity index (χ2v) is 6.44. The number of piperazine rings is 1. The van der Waals surface area contributed by atoms with Crippen molar-refractivity contribution in [3.63, 3.8) is 0 Å². The summed E-state index contributed by atoms with van der Waals surface area (Å²) in [5.41, 5.74) is 0.988. The molecule has 0 spiro atoms. The number of β-amino-alcohol motifs (C(OH)–C–C–N with tert-alkyl or cyclic N) is 1. The molecule has 2 rings (SSSR count). The number of benzene rings is 1. The zero-order chi connectivity index (χ0) is 16.7. The Labute approximate surface area is 143 Å². The number of aliphatic hydroxyl groups excluding tert-OH is 1. The van der Waals surface area contributed by atoms with Crippen LogP contribution in [0.2, 0.25) is 5.02 Å². The third-order valence-corrected chi connectivity index (χ3v) is 4.42. The van der Waals surface area contributed by atoms with Crippen LogP contribution in [0.1, 0.15) is 18.4 Å². The third kappa shape index (κ3) is 5.98. The van der Waals surface area contributed by atoms with Gasteiger partial charge in [-0.2, -0.15) is 0 Å². The standard InChI is InChI=1S/C18H25ClN2O2/c1-2-3-4-17(22)14-20-9-11-21(12-10-20)18(23)13-15-5-7-16(19)8-6-15/h2,5-8,17,22H,1,3-4,9-14H2. The van der Waals surface area contributed by atoms with Crippen molar-refractivity contribution in [3.8, 4) is 0 Å². The van der Waals surface area contributed by atoms with Crippen LogP contribution < -0.4 is 0 Å². The van der Waals surface area contributed by atoms with E-state index in [0.717, 1.165) is 44.6 Å². The lowest BCUT2D eigenvalue weighted by molar-refractivity contribution is -0.132. The summed E-state index contributed by atoms with van der Waals surface area (Å²) in [6.45, 7) is 7.42. The molecule has 1 fully saturated rings. The highest BCUT2D eigenvalue weighted by atomic mass is 35.5. The molecular formula is C18H25ClN2O2. The highest BCUT2D eigenvalue weighted by Gasteiger charge is 2.22. The van der Waals surface area contributed by atoms with E-state index in [2.05, 4.69) is 11.5 Å². The van der Waals surface area contributed by atoms with E-state index < -0.39 is 0 Å². The van der Waals surface area contributed by atoms with Gasteiger partial charge in [0.25, 0.3) is 0 Å². The normalized spacial score (nSPS) is 17.0. The van der Waals surface area contributed by atoms with E-state index in [1.165, 1.54) is 0 Å². The molecule has 1 aromatic rings. The molecule has 126 valence electrons. The van der Waals surface area contributed by atoms with Crippen LogP contribution in [0.3, 0.4) is 0 Å². The first-order valence-electron chi connectivity index (χ1n) is 8.12. The molecule has 1 unspecified atom stereocenters. The van der Waals surface area contributed by atoms with Gasteiger partial charge in [-0.3, -0.25) is 9.69 Å². The van der Waals surface area contributed by atoms with Gasteiger partial charge in [0.1, 0.15) is 0 Å². The molecule has 0 radical (unpaired) electrons. The summed E-state index contributed by atoms with van der Waals surface area (Å²) in [5.74, 6) is 0.152. The molecule has 1 heterocycles. The first kappa shape index (κ1) is 18.0. The summed E-state index contributed by atoms with van der Waals surface area (Å²) in [4.78, 5) is 16.5. The van der Waals surface area contributed by atoms with Gasteiger partial charge in [-0.1, -0.05) is 29.8 Å². The maximum Gasteiger partial charge on any atom is 0.227 e. The van der Waals surface area contributed by atoms with Gasteiger partial charge in [0.05, 0.1) is 12.5 Å². The molecule has 5 heteroatoms. The van der Waals surface area contributed by atoms with Crippen molar-refractivity contribution >= 4 is 17.5 Å². The van der Waals surface area contributed by atoms with E-state index >= 15 is 0 Å². The van der Waals surface area contributed by atoms with Crippen LogP contribution in [-0.2, 0) is 11.2 Å². The molecule has 1 saturated heterocycles. The molecule has 1 aliphatic rings. The minimum Gasteiger partial charge on any atom is -0.392 e. The van der Waals surface area contributed by atoms with Gasteiger partial charge in [0.15, 0.2) is 0 Å². The first-order valence-corrected chi connectivity index (χ1v) is 8.50. The molecule has 1 N–H and O–H groups in total. The molecule has 4 nitrogen and oxygen atoms in total. The second kappa shape index (κ2) is 9.06. The van der Waals surface area contributed by atoms with Crippen molar-refractivity contribution in [2.24, 2.45) is 0 Å². The topological polar surface area (TPSA) is 43.8 Å². The number of allylic oxidation sites excluding steroid dienone is 1. The van der Waals surface area contributed by atoms with E-state index in [1.807, 2.05) is 35.2 Å². The Morgan fingerprint density at radius 2 is 1.91 bits per heavy atom.